The van der Waals surface area contributed by atoms with Gasteiger partial charge in [0.25, 0.3) is 0 Å². The van der Waals surface area contributed by atoms with Crippen LogP contribution in [0.2, 0.25) is 0 Å². The first-order valence-electron chi connectivity index (χ1n) is 7.41. The summed E-state index contributed by atoms with van der Waals surface area (Å²) in [5, 5.41) is 3.82. The third-order valence-electron chi connectivity index (χ3n) is 3.86. The standard InChI is InChI=1S/C15H12FN5O3S/c16-11-2-4-12(5-3-11)25(22,23)21-8-10(9-21)15-19-14(20-24-15)13-17-6-1-7-18-13/h1-7,10H,8-9H2. The summed E-state index contributed by atoms with van der Waals surface area (Å²) in [6.45, 7) is 0.438. The number of benzene rings is 1. The number of rotatable bonds is 4. The molecule has 0 amide bonds. The van der Waals surface area contributed by atoms with Crippen LogP contribution in [0.15, 0.2) is 52.1 Å². The Labute approximate surface area is 142 Å². The minimum absolute atomic E-state index is 0.0521. The van der Waals surface area contributed by atoms with Crippen molar-refractivity contribution in [2.24, 2.45) is 0 Å². The van der Waals surface area contributed by atoms with Crippen molar-refractivity contribution in [2.45, 2.75) is 10.8 Å². The van der Waals surface area contributed by atoms with E-state index in [-0.39, 0.29) is 29.7 Å². The van der Waals surface area contributed by atoms with Gasteiger partial charge in [0.2, 0.25) is 27.6 Å². The van der Waals surface area contributed by atoms with Gasteiger partial charge in [-0.1, -0.05) is 5.16 Å². The topological polar surface area (TPSA) is 102 Å². The summed E-state index contributed by atoms with van der Waals surface area (Å²) in [4.78, 5) is 12.3. The molecule has 8 nitrogen and oxygen atoms in total. The van der Waals surface area contributed by atoms with Gasteiger partial charge in [-0.3, -0.25) is 0 Å². The van der Waals surface area contributed by atoms with Crippen molar-refractivity contribution in [2.75, 3.05) is 13.1 Å². The number of aromatic nitrogens is 4. The molecule has 0 spiro atoms. The SMILES string of the molecule is O=S(=O)(c1ccc(F)cc1)N1CC(c2nc(-c3ncccn3)no2)C1. The molecule has 0 saturated carbocycles. The van der Waals surface area contributed by atoms with Crippen LogP contribution in [-0.4, -0.2) is 45.9 Å². The second kappa shape index (κ2) is 5.97. The molecular formula is C15H12FN5O3S. The van der Waals surface area contributed by atoms with Gasteiger partial charge >= 0.3 is 0 Å². The second-order valence-corrected chi connectivity index (χ2v) is 7.44. The minimum atomic E-state index is -3.65. The van der Waals surface area contributed by atoms with Gasteiger partial charge in [-0.25, -0.2) is 22.8 Å². The lowest BCUT2D eigenvalue weighted by Crippen LogP contribution is -2.48. The van der Waals surface area contributed by atoms with Crippen LogP contribution in [0.5, 0.6) is 0 Å². The van der Waals surface area contributed by atoms with Crippen LogP contribution in [0.25, 0.3) is 11.6 Å². The van der Waals surface area contributed by atoms with E-state index in [1.165, 1.54) is 16.4 Å². The van der Waals surface area contributed by atoms with E-state index in [0.29, 0.717) is 11.7 Å². The highest BCUT2D eigenvalue weighted by molar-refractivity contribution is 7.89. The van der Waals surface area contributed by atoms with Crippen LogP contribution >= 0.6 is 0 Å². The van der Waals surface area contributed by atoms with Crippen LogP contribution in [0.1, 0.15) is 11.8 Å². The number of hydrogen-bond acceptors (Lipinski definition) is 7. The molecule has 4 rings (SSSR count). The van der Waals surface area contributed by atoms with Gasteiger partial charge in [0.05, 0.1) is 10.8 Å². The van der Waals surface area contributed by atoms with Crippen molar-refractivity contribution in [3.8, 4) is 11.6 Å². The fourth-order valence-electron chi connectivity index (χ4n) is 2.45. The average Bonchev–Trinajstić information content (AvgIpc) is 3.04. The highest BCUT2D eigenvalue weighted by Gasteiger charge is 2.40. The summed E-state index contributed by atoms with van der Waals surface area (Å²) in [7, 11) is -3.65. The van der Waals surface area contributed by atoms with Crippen molar-refractivity contribution in [3.63, 3.8) is 0 Å². The minimum Gasteiger partial charge on any atom is -0.338 e. The number of hydrogen-bond donors (Lipinski definition) is 0. The highest BCUT2D eigenvalue weighted by Crippen LogP contribution is 2.31. The van der Waals surface area contributed by atoms with Crippen molar-refractivity contribution in [1.82, 2.24) is 24.4 Å². The maximum absolute atomic E-state index is 13.0. The van der Waals surface area contributed by atoms with Crippen LogP contribution < -0.4 is 0 Å². The van der Waals surface area contributed by atoms with Gasteiger partial charge in [-0.15, -0.1) is 0 Å². The molecular weight excluding hydrogens is 349 g/mol. The van der Waals surface area contributed by atoms with Gasteiger partial charge < -0.3 is 4.52 Å². The molecule has 1 aromatic carbocycles. The van der Waals surface area contributed by atoms with Crippen LogP contribution in [0.3, 0.4) is 0 Å². The smallest absolute Gasteiger partial charge is 0.243 e. The number of halogens is 1. The molecule has 1 aliphatic rings. The van der Waals surface area contributed by atoms with Gasteiger partial charge in [0, 0.05) is 25.5 Å². The van der Waals surface area contributed by atoms with E-state index in [4.69, 9.17) is 4.52 Å². The monoisotopic (exact) mass is 361 g/mol. The Morgan fingerprint density at radius 1 is 1.08 bits per heavy atom. The van der Waals surface area contributed by atoms with E-state index in [9.17, 15) is 12.8 Å². The average molecular weight is 361 g/mol. The van der Waals surface area contributed by atoms with E-state index in [1.807, 2.05) is 0 Å². The Balaban J connectivity index is 1.47. The first-order valence-corrected chi connectivity index (χ1v) is 8.85. The molecule has 0 bridgehead atoms. The largest absolute Gasteiger partial charge is 0.338 e. The van der Waals surface area contributed by atoms with Crippen LogP contribution in [0, 0.1) is 5.82 Å². The molecule has 3 aromatic rings. The first kappa shape index (κ1) is 15.8. The number of sulfonamides is 1. The van der Waals surface area contributed by atoms with Gasteiger partial charge in [0.15, 0.2) is 0 Å². The van der Waals surface area contributed by atoms with E-state index in [0.717, 1.165) is 12.1 Å². The molecule has 10 heteroatoms. The lowest BCUT2D eigenvalue weighted by molar-refractivity contribution is 0.217. The zero-order valence-electron chi connectivity index (χ0n) is 12.8. The summed E-state index contributed by atoms with van der Waals surface area (Å²) in [6, 6.07) is 6.41. The lowest BCUT2D eigenvalue weighted by atomic mass is 10.0. The summed E-state index contributed by atoms with van der Waals surface area (Å²) < 4.78 is 44.3. The predicted octanol–water partition coefficient (Wildman–Crippen LogP) is 1.45. The number of nitrogens with zero attached hydrogens (tertiary/aromatic N) is 5. The van der Waals surface area contributed by atoms with Crippen molar-refractivity contribution in [1.29, 1.82) is 0 Å². The molecule has 1 aliphatic heterocycles. The van der Waals surface area contributed by atoms with Gasteiger partial charge in [-0.05, 0) is 30.3 Å². The van der Waals surface area contributed by atoms with Crippen molar-refractivity contribution < 1.29 is 17.3 Å². The molecule has 128 valence electrons. The van der Waals surface area contributed by atoms with Gasteiger partial charge in [-0.2, -0.15) is 9.29 Å². The summed E-state index contributed by atoms with van der Waals surface area (Å²) in [5.74, 6) is 0.262. The van der Waals surface area contributed by atoms with E-state index >= 15 is 0 Å². The predicted molar refractivity (Wildman–Crippen MR) is 83.2 cm³/mol. The normalized spacial score (nSPS) is 15.9. The maximum Gasteiger partial charge on any atom is 0.243 e. The molecule has 0 unspecified atom stereocenters. The first-order chi connectivity index (χ1) is 12.0. The highest BCUT2D eigenvalue weighted by atomic mass is 32.2. The van der Waals surface area contributed by atoms with Crippen molar-refractivity contribution in [3.05, 3.63) is 54.4 Å². The molecule has 3 heterocycles. The summed E-state index contributed by atoms with van der Waals surface area (Å²) in [6.07, 6.45) is 3.14. The third-order valence-corrected chi connectivity index (χ3v) is 5.70. The summed E-state index contributed by atoms with van der Waals surface area (Å²) >= 11 is 0. The van der Waals surface area contributed by atoms with E-state index in [1.54, 1.807) is 18.5 Å². The van der Waals surface area contributed by atoms with Crippen LogP contribution in [-0.2, 0) is 10.0 Å². The van der Waals surface area contributed by atoms with E-state index in [2.05, 4.69) is 20.1 Å². The quantitative estimate of drug-likeness (QED) is 0.693. The molecule has 25 heavy (non-hydrogen) atoms. The Morgan fingerprint density at radius 2 is 1.76 bits per heavy atom. The van der Waals surface area contributed by atoms with Crippen molar-refractivity contribution >= 4 is 10.0 Å². The Bertz CT molecular complexity index is 986. The third kappa shape index (κ3) is 2.89. The molecule has 0 atom stereocenters. The van der Waals surface area contributed by atoms with E-state index < -0.39 is 15.8 Å². The Hall–Kier alpha value is -2.72. The fraction of sp³-hybridized carbons (Fsp3) is 0.200. The maximum atomic E-state index is 13.0. The molecule has 1 fully saturated rings. The molecule has 0 N–H and O–H groups in total. The fourth-order valence-corrected chi connectivity index (χ4v) is 3.98. The van der Waals surface area contributed by atoms with Crippen LogP contribution in [0.4, 0.5) is 4.39 Å². The summed E-state index contributed by atoms with van der Waals surface area (Å²) in [5.41, 5.74) is 0. The zero-order chi connectivity index (χ0) is 17.4. The zero-order valence-corrected chi connectivity index (χ0v) is 13.6. The second-order valence-electron chi connectivity index (χ2n) is 5.50. The molecule has 1 saturated heterocycles. The molecule has 2 aromatic heterocycles. The molecule has 0 aliphatic carbocycles. The Kier molecular flexibility index (Phi) is 3.77. The van der Waals surface area contributed by atoms with Gasteiger partial charge in [0.1, 0.15) is 5.82 Å². The Morgan fingerprint density at radius 3 is 2.44 bits per heavy atom. The molecule has 0 radical (unpaired) electrons. The lowest BCUT2D eigenvalue weighted by Gasteiger charge is -2.35.